The molecule has 432 valence electrons. The van der Waals surface area contributed by atoms with E-state index >= 15 is 0 Å². The number of carbonyl (C=O) groups is 3. The Kier molecular flexibility index (Phi) is 60.7. The van der Waals surface area contributed by atoms with E-state index in [1.54, 1.807) is 0 Å². The van der Waals surface area contributed by atoms with Crippen molar-refractivity contribution < 1.29 is 28.6 Å². The van der Waals surface area contributed by atoms with Gasteiger partial charge in [0.1, 0.15) is 13.2 Å². The van der Waals surface area contributed by atoms with Crippen LogP contribution < -0.4 is 0 Å². The summed E-state index contributed by atoms with van der Waals surface area (Å²) in [5.41, 5.74) is 0. The van der Waals surface area contributed by atoms with Crippen molar-refractivity contribution in [2.45, 2.75) is 354 Å². The second-order valence-electron chi connectivity index (χ2n) is 22.0. The highest BCUT2D eigenvalue weighted by Crippen LogP contribution is 2.17. The highest BCUT2D eigenvalue weighted by atomic mass is 16.6. The molecule has 0 saturated heterocycles. The minimum Gasteiger partial charge on any atom is -0.462 e. The molecule has 0 aromatic rings. The third-order valence-corrected chi connectivity index (χ3v) is 14.6. The Morgan fingerprint density at radius 3 is 0.770 bits per heavy atom. The van der Waals surface area contributed by atoms with E-state index in [1.807, 2.05) is 0 Å². The lowest BCUT2D eigenvalue weighted by atomic mass is 10.0. The molecule has 0 heterocycles. The van der Waals surface area contributed by atoms with E-state index in [9.17, 15) is 14.4 Å². The molecule has 0 amide bonds. The molecule has 6 nitrogen and oxygen atoms in total. The lowest BCUT2D eigenvalue weighted by Crippen LogP contribution is -2.30. The van der Waals surface area contributed by atoms with E-state index in [0.29, 0.717) is 19.3 Å². The summed E-state index contributed by atoms with van der Waals surface area (Å²) >= 11 is 0. The summed E-state index contributed by atoms with van der Waals surface area (Å²) in [4.78, 5) is 38.0. The molecule has 0 aromatic carbocycles. The minimum atomic E-state index is -0.771. The van der Waals surface area contributed by atoms with Crippen LogP contribution in [0.15, 0.2) is 48.6 Å². The van der Waals surface area contributed by atoms with Crippen molar-refractivity contribution in [1.82, 2.24) is 0 Å². The molecule has 1 atom stereocenters. The van der Waals surface area contributed by atoms with Crippen LogP contribution in [0.1, 0.15) is 348 Å². The fraction of sp³-hybridized carbons (Fsp3) is 0.838. The first kappa shape index (κ1) is 71.4. The molecule has 0 bridgehead atoms. The molecular formula is C68H124O6. The Morgan fingerprint density at radius 2 is 0.486 bits per heavy atom. The van der Waals surface area contributed by atoms with Crippen molar-refractivity contribution in [1.29, 1.82) is 0 Å². The van der Waals surface area contributed by atoms with Gasteiger partial charge in [0.2, 0.25) is 0 Å². The van der Waals surface area contributed by atoms with Crippen LogP contribution in [0.3, 0.4) is 0 Å². The molecule has 0 saturated carbocycles. The van der Waals surface area contributed by atoms with Crippen molar-refractivity contribution in [3.05, 3.63) is 48.6 Å². The summed E-state index contributed by atoms with van der Waals surface area (Å²) in [6.45, 7) is 6.62. The first-order valence-corrected chi connectivity index (χ1v) is 32.6. The zero-order chi connectivity index (χ0) is 53.6. The summed E-state index contributed by atoms with van der Waals surface area (Å²) in [5.74, 6) is -0.864. The van der Waals surface area contributed by atoms with Gasteiger partial charge in [0.15, 0.2) is 6.10 Å². The van der Waals surface area contributed by atoms with Crippen molar-refractivity contribution in [3.63, 3.8) is 0 Å². The van der Waals surface area contributed by atoms with Crippen LogP contribution in [0.4, 0.5) is 0 Å². The number of hydrogen-bond acceptors (Lipinski definition) is 6. The molecule has 6 heteroatoms. The smallest absolute Gasteiger partial charge is 0.306 e. The van der Waals surface area contributed by atoms with Crippen LogP contribution in [-0.2, 0) is 28.6 Å². The van der Waals surface area contributed by atoms with Crippen LogP contribution in [-0.4, -0.2) is 37.2 Å². The highest BCUT2D eigenvalue weighted by Gasteiger charge is 2.19. The molecule has 0 aliphatic carbocycles. The number of esters is 3. The van der Waals surface area contributed by atoms with E-state index in [1.165, 1.54) is 238 Å². The second-order valence-corrected chi connectivity index (χ2v) is 22.0. The van der Waals surface area contributed by atoms with Crippen molar-refractivity contribution in [3.8, 4) is 0 Å². The maximum absolute atomic E-state index is 12.8. The monoisotopic (exact) mass is 1040 g/mol. The number of unbranched alkanes of at least 4 members (excludes halogenated alkanes) is 41. The van der Waals surface area contributed by atoms with Crippen LogP contribution in [0.25, 0.3) is 0 Å². The average molecular weight is 1040 g/mol. The zero-order valence-corrected chi connectivity index (χ0v) is 49.6. The Bertz CT molecular complexity index is 1280. The summed E-state index contributed by atoms with van der Waals surface area (Å²) < 4.78 is 16.8. The summed E-state index contributed by atoms with van der Waals surface area (Å²) in [6.07, 6.45) is 78.7. The van der Waals surface area contributed by atoms with E-state index in [2.05, 4.69) is 69.4 Å². The van der Waals surface area contributed by atoms with Gasteiger partial charge in [-0.1, -0.05) is 294 Å². The third-order valence-electron chi connectivity index (χ3n) is 14.6. The zero-order valence-electron chi connectivity index (χ0n) is 49.6. The Balaban J connectivity index is 4.04. The maximum Gasteiger partial charge on any atom is 0.306 e. The number of allylic oxidation sites excluding steroid dienone is 8. The molecule has 1 unspecified atom stereocenters. The fourth-order valence-corrected chi connectivity index (χ4v) is 9.62. The molecule has 74 heavy (non-hydrogen) atoms. The van der Waals surface area contributed by atoms with Gasteiger partial charge >= 0.3 is 17.9 Å². The largest absolute Gasteiger partial charge is 0.462 e. The van der Waals surface area contributed by atoms with Crippen LogP contribution >= 0.6 is 0 Å². The van der Waals surface area contributed by atoms with Crippen LogP contribution in [0.5, 0.6) is 0 Å². The summed E-state index contributed by atoms with van der Waals surface area (Å²) in [7, 11) is 0. The second kappa shape index (κ2) is 62.9. The van der Waals surface area contributed by atoms with E-state index in [4.69, 9.17) is 14.2 Å². The predicted molar refractivity (Wildman–Crippen MR) is 321 cm³/mol. The molecule has 0 radical (unpaired) electrons. The van der Waals surface area contributed by atoms with Gasteiger partial charge < -0.3 is 14.2 Å². The van der Waals surface area contributed by atoms with Gasteiger partial charge in [0, 0.05) is 19.3 Å². The molecule has 0 aliphatic heterocycles. The average Bonchev–Trinajstić information content (AvgIpc) is 3.40. The third kappa shape index (κ3) is 60.2. The Morgan fingerprint density at radius 1 is 0.270 bits per heavy atom. The lowest BCUT2D eigenvalue weighted by molar-refractivity contribution is -0.167. The molecular weight excluding hydrogens is 913 g/mol. The topological polar surface area (TPSA) is 78.9 Å². The van der Waals surface area contributed by atoms with E-state index in [0.717, 1.165) is 70.6 Å². The van der Waals surface area contributed by atoms with E-state index < -0.39 is 6.10 Å². The van der Waals surface area contributed by atoms with Gasteiger partial charge in [-0.25, -0.2) is 0 Å². The van der Waals surface area contributed by atoms with E-state index in [-0.39, 0.29) is 31.1 Å². The number of ether oxygens (including phenoxy) is 3. The molecule has 0 fully saturated rings. The number of hydrogen-bond donors (Lipinski definition) is 0. The highest BCUT2D eigenvalue weighted by molar-refractivity contribution is 5.71. The van der Waals surface area contributed by atoms with Gasteiger partial charge in [-0.05, 0) is 83.5 Å². The molecule has 0 aliphatic rings. The normalized spacial score (nSPS) is 12.3. The first-order chi connectivity index (χ1) is 36.5. The summed E-state index contributed by atoms with van der Waals surface area (Å²) in [6, 6.07) is 0. The SMILES string of the molecule is CCCCCCC/C=C\C/C=C\C/C=C\CCCCCCCCCCCCCCCCCCC(=O)OCC(COC(=O)CCCCCCCCC)OC(=O)CCCCCCCCC/C=C\CCCCCCCCC. The molecule has 0 rings (SSSR count). The van der Waals surface area contributed by atoms with Crippen molar-refractivity contribution in [2.75, 3.05) is 13.2 Å². The predicted octanol–water partition coefficient (Wildman–Crippen LogP) is 22.2. The van der Waals surface area contributed by atoms with Gasteiger partial charge in [0.25, 0.3) is 0 Å². The van der Waals surface area contributed by atoms with Gasteiger partial charge in [-0.15, -0.1) is 0 Å². The Hall–Kier alpha value is -2.63. The van der Waals surface area contributed by atoms with Gasteiger partial charge in [0.05, 0.1) is 0 Å². The van der Waals surface area contributed by atoms with Crippen molar-refractivity contribution in [2.24, 2.45) is 0 Å². The molecule has 0 aromatic heterocycles. The fourth-order valence-electron chi connectivity index (χ4n) is 9.62. The standard InChI is InChI=1S/C68H124O6/c1-4-7-10-13-16-18-20-22-24-26-28-29-30-31-32-33-34-35-36-37-38-39-40-42-43-45-47-49-52-55-58-61-67(70)73-64-65(63-72-66(69)60-57-54-51-15-12-9-6-3)74-68(71)62-59-56-53-50-48-46-44-41-27-25-23-21-19-17-14-11-8-5-2/h20,22,25-28,30-31,65H,4-19,21,23-24,29,32-64H2,1-3H3/b22-20-,27-25-,28-26-,31-30-. The quantitative estimate of drug-likeness (QED) is 0.0261. The van der Waals surface area contributed by atoms with Crippen LogP contribution in [0, 0.1) is 0 Å². The molecule has 0 spiro atoms. The first-order valence-electron chi connectivity index (χ1n) is 32.6. The van der Waals surface area contributed by atoms with Crippen molar-refractivity contribution >= 4 is 17.9 Å². The van der Waals surface area contributed by atoms with Crippen LogP contribution in [0.2, 0.25) is 0 Å². The minimum absolute atomic E-state index is 0.0710. The number of carbonyl (C=O) groups excluding carboxylic acids is 3. The van der Waals surface area contributed by atoms with Gasteiger partial charge in [-0.2, -0.15) is 0 Å². The maximum atomic E-state index is 12.8. The van der Waals surface area contributed by atoms with Gasteiger partial charge in [-0.3, -0.25) is 14.4 Å². The summed E-state index contributed by atoms with van der Waals surface area (Å²) in [5, 5.41) is 0. The lowest BCUT2D eigenvalue weighted by Gasteiger charge is -2.18. The molecule has 0 N–H and O–H groups in total. The number of rotatable bonds is 60. The Labute approximate surface area is 460 Å².